The molecule has 2 amide bonds. The molecule has 0 fully saturated rings. The molecule has 1 unspecified atom stereocenters. The maximum atomic E-state index is 13.4. The zero-order chi connectivity index (χ0) is 23.6. The lowest BCUT2D eigenvalue weighted by Crippen LogP contribution is -2.38. The average molecular weight is 471 g/mol. The molecule has 0 saturated heterocycles. The highest BCUT2D eigenvalue weighted by atomic mass is 32.2. The second kappa shape index (κ2) is 8.99. The van der Waals surface area contributed by atoms with Crippen LogP contribution < -0.4 is 19.7 Å². The predicted octanol–water partition coefficient (Wildman–Crippen LogP) is 3.19. The number of nitrogens with one attached hydrogen (secondary N) is 1. The quantitative estimate of drug-likeness (QED) is 0.588. The van der Waals surface area contributed by atoms with Gasteiger partial charge in [0.25, 0.3) is 0 Å². The summed E-state index contributed by atoms with van der Waals surface area (Å²) in [5.74, 6) is 0.0751. The summed E-state index contributed by atoms with van der Waals surface area (Å²) in [7, 11) is -0.973. The van der Waals surface area contributed by atoms with Gasteiger partial charge in [-0.15, -0.1) is 0 Å². The number of anilines is 2. The lowest BCUT2D eigenvalue weighted by molar-refractivity contribution is -0.121. The maximum Gasteiger partial charge on any atom is 0.244 e. The van der Waals surface area contributed by atoms with Crippen LogP contribution in [0.3, 0.4) is 0 Å². The summed E-state index contributed by atoms with van der Waals surface area (Å²) in [5.41, 5.74) is 0.536. The summed E-state index contributed by atoms with van der Waals surface area (Å²) >= 11 is 0. The molecule has 3 aromatic rings. The fourth-order valence-corrected chi connectivity index (χ4v) is 5.57. The highest BCUT2D eigenvalue weighted by Gasteiger charge is 2.41. The van der Waals surface area contributed by atoms with Gasteiger partial charge in [-0.1, -0.05) is 12.1 Å². The Labute approximate surface area is 190 Å². The Morgan fingerprint density at radius 2 is 1.91 bits per heavy atom. The Balaban J connectivity index is 1.66. The van der Waals surface area contributed by atoms with Gasteiger partial charge in [-0.3, -0.25) is 9.59 Å². The van der Waals surface area contributed by atoms with Gasteiger partial charge in [0, 0.05) is 6.07 Å². The number of sulfone groups is 1. The molecule has 33 heavy (non-hydrogen) atoms. The molecule has 9 nitrogen and oxygen atoms in total. The van der Waals surface area contributed by atoms with E-state index >= 15 is 0 Å². The van der Waals surface area contributed by atoms with E-state index in [0.29, 0.717) is 17.2 Å². The molecular formula is C23H22N2O7S. The van der Waals surface area contributed by atoms with Crippen LogP contribution in [0.4, 0.5) is 11.4 Å². The van der Waals surface area contributed by atoms with Crippen molar-refractivity contribution in [3.63, 3.8) is 0 Å². The summed E-state index contributed by atoms with van der Waals surface area (Å²) in [4.78, 5) is 27.2. The molecule has 1 atom stereocenters. The third-order valence-electron chi connectivity index (χ3n) is 5.34. The third-order valence-corrected chi connectivity index (χ3v) is 7.45. The van der Waals surface area contributed by atoms with Crippen molar-refractivity contribution in [2.75, 3.05) is 31.0 Å². The van der Waals surface area contributed by atoms with Crippen molar-refractivity contribution in [1.82, 2.24) is 0 Å². The molecule has 1 aliphatic heterocycles. The number of carbonyl (C=O) groups excluding carboxylic acids is 2. The molecule has 0 saturated carbocycles. The molecule has 172 valence electrons. The van der Waals surface area contributed by atoms with Gasteiger partial charge in [0.2, 0.25) is 11.8 Å². The van der Waals surface area contributed by atoms with Crippen LogP contribution in [0, 0.1) is 0 Å². The van der Waals surface area contributed by atoms with Gasteiger partial charge in [0.15, 0.2) is 9.84 Å². The van der Waals surface area contributed by atoms with Gasteiger partial charge in [-0.25, -0.2) is 8.42 Å². The number of para-hydroxylation sites is 1. The van der Waals surface area contributed by atoms with Crippen LogP contribution in [0.25, 0.3) is 0 Å². The van der Waals surface area contributed by atoms with Crippen molar-refractivity contribution < 1.29 is 31.9 Å². The Kier molecular flexibility index (Phi) is 6.10. The molecule has 2 aromatic carbocycles. The second-order valence-electron chi connectivity index (χ2n) is 7.32. The standard InChI is InChI=1S/C23H22N2O7S/c1-30-15-9-10-16(19(12-15)31-2)24-22(26)14-25-17-6-3-4-8-20(17)33(28,29)21(13-23(25)27)18-7-5-11-32-18/h3-12,21H,13-14H2,1-2H3,(H,24,26). The first-order valence-corrected chi connectivity index (χ1v) is 11.6. The SMILES string of the molecule is COc1ccc(NC(=O)CN2C(=O)CC(c3ccco3)S(=O)(=O)c3ccccc32)c(OC)c1. The monoisotopic (exact) mass is 470 g/mol. The molecule has 1 aromatic heterocycles. The van der Waals surface area contributed by atoms with E-state index in [4.69, 9.17) is 13.9 Å². The minimum absolute atomic E-state index is 0.0351. The summed E-state index contributed by atoms with van der Waals surface area (Å²) in [5, 5.41) is 1.53. The van der Waals surface area contributed by atoms with Gasteiger partial charge < -0.3 is 24.1 Å². The number of hydrogen-bond acceptors (Lipinski definition) is 7. The predicted molar refractivity (Wildman–Crippen MR) is 120 cm³/mol. The molecule has 0 spiro atoms. The molecule has 1 N–H and O–H groups in total. The van der Waals surface area contributed by atoms with Gasteiger partial charge in [0.05, 0.1) is 43.2 Å². The number of rotatable bonds is 6. The number of methoxy groups -OCH3 is 2. The molecular weight excluding hydrogens is 448 g/mol. The zero-order valence-electron chi connectivity index (χ0n) is 18.0. The Hall–Kier alpha value is -3.79. The fraction of sp³-hybridized carbons (Fsp3) is 0.217. The van der Waals surface area contributed by atoms with Gasteiger partial charge in [0.1, 0.15) is 29.1 Å². The Bertz CT molecular complexity index is 1290. The van der Waals surface area contributed by atoms with Gasteiger partial charge >= 0.3 is 0 Å². The van der Waals surface area contributed by atoms with Crippen LogP contribution in [0.1, 0.15) is 17.4 Å². The number of hydrogen-bond donors (Lipinski definition) is 1. The first-order valence-electron chi connectivity index (χ1n) is 10.0. The minimum Gasteiger partial charge on any atom is -0.497 e. The number of fused-ring (bicyclic) bond motifs is 1. The maximum absolute atomic E-state index is 13.4. The van der Waals surface area contributed by atoms with Crippen LogP contribution in [-0.2, 0) is 19.4 Å². The van der Waals surface area contributed by atoms with Crippen LogP contribution in [0.15, 0.2) is 70.2 Å². The molecule has 2 heterocycles. The van der Waals surface area contributed by atoms with E-state index in [1.165, 1.54) is 43.6 Å². The van der Waals surface area contributed by atoms with Crippen LogP contribution in [0.5, 0.6) is 11.5 Å². The number of ether oxygens (including phenoxy) is 2. The zero-order valence-corrected chi connectivity index (χ0v) is 18.8. The van der Waals surface area contributed by atoms with Crippen molar-refractivity contribution in [1.29, 1.82) is 0 Å². The lowest BCUT2D eigenvalue weighted by atomic mass is 10.2. The van der Waals surface area contributed by atoms with Crippen molar-refractivity contribution in [3.8, 4) is 11.5 Å². The van der Waals surface area contributed by atoms with Gasteiger partial charge in [-0.2, -0.15) is 0 Å². The molecule has 0 radical (unpaired) electrons. The van der Waals surface area contributed by atoms with E-state index in [-0.39, 0.29) is 29.3 Å². The van der Waals surface area contributed by atoms with Gasteiger partial charge in [-0.05, 0) is 36.4 Å². The van der Waals surface area contributed by atoms with Crippen molar-refractivity contribution in [2.24, 2.45) is 0 Å². The Morgan fingerprint density at radius 1 is 1.12 bits per heavy atom. The summed E-state index contributed by atoms with van der Waals surface area (Å²) in [6.45, 7) is -0.384. The number of furan rings is 1. The van der Waals surface area contributed by atoms with Crippen molar-refractivity contribution in [3.05, 3.63) is 66.6 Å². The van der Waals surface area contributed by atoms with E-state index in [9.17, 15) is 18.0 Å². The number of amides is 2. The number of carbonyl (C=O) groups is 2. The number of nitrogens with zero attached hydrogens (tertiary/aromatic N) is 1. The summed E-state index contributed by atoms with van der Waals surface area (Å²) in [6, 6.07) is 14.1. The van der Waals surface area contributed by atoms with E-state index in [1.54, 1.807) is 36.4 Å². The minimum atomic E-state index is -3.94. The Morgan fingerprint density at radius 3 is 2.61 bits per heavy atom. The normalized spacial score (nSPS) is 17.1. The van der Waals surface area contributed by atoms with E-state index in [0.717, 1.165) is 0 Å². The molecule has 0 aliphatic carbocycles. The third kappa shape index (κ3) is 4.29. The highest BCUT2D eigenvalue weighted by Crippen LogP contribution is 2.40. The lowest BCUT2D eigenvalue weighted by Gasteiger charge is -2.22. The first-order chi connectivity index (χ1) is 15.8. The van der Waals surface area contributed by atoms with E-state index < -0.39 is 26.9 Å². The van der Waals surface area contributed by atoms with E-state index in [2.05, 4.69) is 5.32 Å². The average Bonchev–Trinajstić information content (AvgIpc) is 3.33. The van der Waals surface area contributed by atoms with Crippen LogP contribution in [-0.4, -0.2) is 41.0 Å². The second-order valence-corrected chi connectivity index (χ2v) is 9.41. The first kappa shape index (κ1) is 22.4. The van der Waals surface area contributed by atoms with Crippen LogP contribution in [0.2, 0.25) is 0 Å². The van der Waals surface area contributed by atoms with Crippen LogP contribution >= 0.6 is 0 Å². The topological polar surface area (TPSA) is 115 Å². The van der Waals surface area contributed by atoms with E-state index in [1.807, 2.05) is 0 Å². The molecule has 4 rings (SSSR count). The largest absolute Gasteiger partial charge is 0.497 e. The van der Waals surface area contributed by atoms with Crippen molar-refractivity contribution >= 4 is 33.0 Å². The highest BCUT2D eigenvalue weighted by molar-refractivity contribution is 7.91. The molecule has 10 heteroatoms. The molecule has 1 aliphatic rings. The van der Waals surface area contributed by atoms with Crippen molar-refractivity contribution in [2.45, 2.75) is 16.6 Å². The summed E-state index contributed by atoms with van der Waals surface area (Å²) in [6.07, 6.45) is 1.00. The fourth-order valence-electron chi connectivity index (χ4n) is 3.72. The smallest absolute Gasteiger partial charge is 0.244 e. The number of benzene rings is 2. The molecule has 0 bridgehead atoms. The summed E-state index contributed by atoms with van der Waals surface area (Å²) < 4.78 is 42.5.